The molecule has 28 heavy (non-hydrogen) atoms. The monoisotopic (exact) mass is 383 g/mol. The summed E-state index contributed by atoms with van der Waals surface area (Å²) < 4.78 is 11.2. The molecule has 4 nitrogen and oxygen atoms in total. The second kappa shape index (κ2) is 11.4. The lowest BCUT2D eigenvalue weighted by Gasteiger charge is -2.12. The van der Waals surface area contributed by atoms with E-state index >= 15 is 0 Å². The zero-order chi connectivity index (χ0) is 20.4. The van der Waals surface area contributed by atoms with Crippen molar-refractivity contribution in [2.75, 3.05) is 19.8 Å². The Hall–Kier alpha value is -2.49. The van der Waals surface area contributed by atoms with Crippen LogP contribution in [0.2, 0.25) is 0 Å². The SMILES string of the molecule is CCOc1ccc(CCC(=O)NCCc2ccc(C(C)C)cc2)cc1OCC. The lowest BCUT2D eigenvalue weighted by atomic mass is 10.0. The van der Waals surface area contributed by atoms with Crippen molar-refractivity contribution < 1.29 is 14.3 Å². The molecule has 2 aromatic rings. The molecule has 0 aromatic heterocycles. The van der Waals surface area contributed by atoms with Crippen molar-refractivity contribution in [3.63, 3.8) is 0 Å². The van der Waals surface area contributed by atoms with Crippen LogP contribution in [0.4, 0.5) is 0 Å². The van der Waals surface area contributed by atoms with Gasteiger partial charge in [0.25, 0.3) is 0 Å². The van der Waals surface area contributed by atoms with E-state index in [0.29, 0.717) is 38.5 Å². The third-order valence-electron chi connectivity index (χ3n) is 4.63. The summed E-state index contributed by atoms with van der Waals surface area (Å²) in [6.07, 6.45) is 1.99. The predicted molar refractivity (Wildman–Crippen MR) is 114 cm³/mol. The quantitative estimate of drug-likeness (QED) is 0.600. The molecule has 0 atom stereocenters. The predicted octanol–water partition coefficient (Wildman–Crippen LogP) is 4.90. The number of nitrogens with one attached hydrogen (secondary N) is 1. The Labute approximate surface area is 169 Å². The molecule has 0 saturated carbocycles. The second-order valence-electron chi connectivity index (χ2n) is 7.14. The molecule has 0 unspecified atom stereocenters. The fourth-order valence-electron chi connectivity index (χ4n) is 3.01. The van der Waals surface area contributed by atoms with Crippen LogP contribution in [-0.2, 0) is 17.6 Å². The van der Waals surface area contributed by atoms with Gasteiger partial charge >= 0.3 is 0 Å². The largest absolute Gasteiger partial charge is 0.490 e. The van der Waals surface area contributed by atoms with Gasteiger partial charge in [0.2, 0.25) is 5.91 Å². The van der Waals surface area contributed by atoms with Crippen LogP contribution in [0.1, 0.15) is 56.7 Å². The first-order chi connectivity index (χ1) is 13.5. The molecule has 0 heterocycles. The first-order valence-corrected chi connectivity index (χ1v) is 10.3. The topological polar surface area (TPSA) is 47.6 Å². The van der Waals surface area contributed by atoms with Crippen LogP contribution >= 0.6 is 0 Å². The van der Waals surface area contributed by atoms with Gasteiger partial charge in [0.15, 0.2) is 11.5 Å². The van der Waals surface area contributed by atoms with Gasteiger partial charge in [0, 0.05) is 13.0 Å². The van der Waals surface area contributed by atoms with Gasteiger partial charge in [0.05, 0.1) is 13.2 Å². The van der Waals surface area contributed by atoms with Crippen molar-refractivity contribution >= 4 is 5.91 Å². The van der Waals surface area contributed by atoms with E-state index in [1.54, 1.807) is 0 Å². The third-order valence-corrected chi connectivity index (χ3v) is 4.63. The zero-order valence-corrected chi connectivity index (χ0v) is 17.6. The molecule has 0 aliphatic rings. The van der Waals surface area contributed by atoms with Crippen LogP contribution in [0.25, 0.3) is 0 Å². The third kappa shape index (κ3) is 6.91. The summed E-state index contributed by atoms with van der Waals surface area (Å²) in [5.74, 6) is 2.11. The van der Waals surface area contributed by atoms with Gasteiger partial charge in [0.1, 0.15) is 0 Å². The molecule has 0 bridgehead atoms. The molecule has 0 fully saturated rings. The van der Waals surface area contributed by atoms with Gasteiger partial charge < -0.3 is 14.8 Å². The van der Waals surface area contributed by atoms with E-state index in [1.165, 1.54) is 11.1 Å². The van der Waals surface area contributed by atoms with Crippen LogP contribution in [0.3, 0.4) is 0 Å². The van der Waals surface area contributed by atoms with Gasteiger partial charge in [-0.1, -0.05) is 44.2 Å². The highest BCUT2D eigenvalue weighted by molar-refractivity contribution is 5.76. The first kappa shape index (κ1) is 21.8. The Morgan fingerprint density at radius 2 is 1.54 bits per heavy atom. The maximum absolute atomic E-state index is 12.2. The zero-order valence-electron chi connectivity index (χ0n) is 17.6. The average molecular weight is 384 g/mol. The Kier molecular flexibility index (Phi) is 8.86. The van der Waals surface area contributed by atoms with Gasteiger partial charge in [-0.05, 0) is 61.4 Å². The lowest BCUT2D eigenvalue weighted by molar-refractivity contribution is -0.121. The minimum atomic E-state index is 0.0747. The Morgan fingerprint density at radius 1 is 0.893 bits per heavy atom. The molecule has 2 aromatic carbocycles. The van der Waals surface area contributed by atoms with Crippen molar-refractivity contribution in [3.05, 3.63) is 59.2 Å². The molecule has 0 saturated heterocycles. The highest BCUT2D eigenvalue weighted by Gasteiger charge is 2.08. The Balaban J connectivity index is 1.78. The van der Waals surface area contributed by atoms with Crippen molar-refractivity contribution in [1.29, 1.82) is 0 Å². The summed E-state index contributed by atoms with van der Waals surface area (Å²) in [5, 5.41) is 3.02. The van der Waals surface area contributed by atoms with E-state index in [4.69, 9.17) is 9.47 Å². The molecule has 1 N–H and O–H groups in total. The van der Waals surface area contributed by atoms with E-state index in [2.05, 4.69) is 43.4 Å². The van der Waals surface area contributed by atoms with Gasteiger partial charge in [-0.25, -0.2) is 0 Å². The number of ether oxygens (including phenoxy) is 2. The normalized spacial score (nSPS) is 10.8. The Morgan fingerprint density at radius 3 is 2.18 bits per heavy atom. The van der Waals surface area contributed by atoms with Crippen LogP contribution in [0, 0.1) is 0 Å². The summed E-state index contributed by atoms with van der Waals surface area (Å²) in [6, 6.07) is 14.5. The molecular formula is C24H33NO3. The minimum Gasteiger partial charge on any atom is -0.490 e. The number of carbonyl (C=O) groups is 1. The maximum Gasteiger partial charge on any atom is 0.220 e. The van der Waals surface area contributed by atoms with E-state index in [9.17, 15) is 4.79 Å². The van der Waals surface area contributed by atoms with Crippen LogP contribution < -0.4 is 14.8 Å². The van der Waals surface area contributed by atoms with E-state index in [1.807, 2.05) is 32.0 Å². The first-order valence-electron chi connectivity index (χ1n) is 10.3. The molecule has 0 aliphatic heterocycles. The number of benzene rings is 2. The van der Waals surface area contributed by atoms with Crippen LogP contribution in [-0.4, -0.2) is 25.7 Å². The summed E-state index contributed by atoms with van der Waals surface area (Å²) in [6.45, 7) is 10.1. The standard InChI is InChI=1S/C24H33NO3/c1-5-27-22-13-9-20(17-23(22)28-6-2)10-14-24(26)25-16-15-19-7-11-21(12-8-19)18(3)4/h7-9,11-13,17-18H,5-6,10,14-16H2,1-4H3,(H,25,26). The van der Waals surface area contributed by atoms with Gasteiger partial charge in [-0.15, -0.1) is 0 Å². The highest BCUT2D eigenvalue weighted by atomic mass is 16.5. The van der Waals surface area contributed by atoms with Gasteiger partial charge in [-0.3, -0.25) is 4.79 Å². The molecular weight excluding hydrogens is 350 g/mol. The van der Waals surface area contributed by atoms with E-state index in [0.717, 1.165) is 23.5 Å². The van der Waals surface area contributed by atoms with Crippen molar-refractivity contribution in [2.24, 2.45) is 0 Å². The second-order valence-corrected chi connectivity index (χ2v) is 7.14. The number of aryl methyl sites for hydroxylation is 1. The van der Waals surface area contributed by atoms with Crippen LogP contribution in [0.15, 0.2) is 42.5 Å². The highest BCUT2D eigenvalue weighted by Crippen LogP contribution is 2.29. The number of rotatable bonds is 11. The molecule has 2 rings (SSSR count). The lowest BCUT2D eigenvalue weighted by Crippen LogP contribution is -2.25. The molecule has 0 spiro atoms. The van der Waals surface area contributed by atoms with Crippen LogP contribution in [0.5, 0.6) is 11.5 Å². The number of hydrogen-bond donors (Lipinski definition) is 1. The van der Waals surface area contributed by atoms with E-state index in [-0.39, 0.29) is 5.91 Å². The van der Waals surface area contributed by atoms with Gasteiger partial charge in [-0.2, -0.15) is 0 Å². The minimum absolute atomic E-state index is 0.0747. The number of carbonyl (C=O) groups excluding carboxylic acids is 1. The average Bonchev–Trinajstić information content (AvgIpc) is 2.69. The van der Waals surface area contributed by atoms with Crippen molar-refractivity contribution in [3.8, 4) is 11.5 Å². The molecule has 152 valence electrons. The summed E-state index contributed by atoms with van der Waals surface area (Å²) in [4.78, 5) is 12.2. The fraction of sp³-hybridized carbons (Fsp3) is 0.458. The summed E-state index contributed by atoms with van der Waals surface area (Å²) in [7, 11) is 0. The summed E-state index contributed by atoms with van der Waals surface area (Å²) in [5.41, 5.74) is 3.67. The fourth-order valence-corrected chi connectivity index (χ4v) is 3.01. The molecule has 4 heteroatoms. The molecule has 0 aliphatic carbocycles. The summed E-state index contributed by atoms with van der Waals surface area (Å²) >= 11 is 0. The number of hydrogen-bond acceptors (Lipinski definition) is 3. The van der Waals surface area contributed by atoms with E-state index < -0.39 is 0 Å². The number of amides is 1. The smallest absolute Gasteiger partial charge is 0.220 e. The van der Waals surface area contributed by atoms with Crippen molar-refractivity contribution in [2.45, 2.75) is 52.9 Å². The maximum atomic E-state index is 12.2. The molecule has 1 amide bonds. The van der Waals surface area contributed by atoms with Crippen molar-refractivity contribution in [1.82, 2.24) is 5.32 Å². The molecule has 0 radical (unpaired) electrons. The Bertz CT molecular complexity index is 738.